The topological polar surface area (TPSA) is 126 Å². The number of aromatic amines is 1. The number of H-pyrrole nitrogens is 1. The number of rotatable bonds is 7. The van der Waals surface area contributed by atoms with Gasteiger partial charge in [-0.25, -0.2) is 19.3 Å². The van der Waals surface area contributed by atoms with Crippen molar-refractivity contribution in [1.29, 1.82) is 0 Å². The fourth-order valence-electron chi connectivity index (χ4n) is 4.03. The van der Waals surface area contributed by atoms with Gasteiger partial charge in [-0.3, -0.25) is 9.69 Å². The van der Waals surface area contributed by atoms with Crippen LogP contribution in [0, 0.1) is 0 Å². The Morgan fingerprint density at radius 1 is 1.23 bits per heavy atom. The van der Waals surface area contributed by atoms with Crippen molar-refractivity contribution in [2.45, 2.75) is 0 Å². The first-order chi connectivity index (χ1) is 17.1. The normalized spacial score (nSPS) is 14.3. The van der Waals surface area contributed by atoms with Crippen LogP contribution in [-0.4, -0.2) is 76.9 Å². The van der Waals surface area contributed by atoms with Crippen molar-refractivity contribution < 1.29 is 14.3 Å². The van der Waals surface area contributed by atoms with Crippen LogP contribution >= 0.6 is 11.6 Å². The molecule has 1 aliphatic rings. The zero-order chi connectivity index (χ0) is 24.4. The van der Waals surface area contributed by atoms with Crippen LogP contribution in [0.5, 0.6) is 5.75 Å². The van der Waals surface area contributed by atoms with Crippen LogP contribution in [0.25, 0.3) is 16.7 Å². The summed E-state index contributed by atoms with van der Waals surface area (Å²) in [5, 5.41) is 12.7. The summed E-state index contributed by atoms with van der Waals surface area (Å²) in [7, 11) is 1.53. The number of morpholine rings is 1. The first-order valence-electron chi connectivity index (χ1n) is 11.2. The number of amides is 1. The van der Waals surface area contributed by atoms with E-state index in [1.54, 1.807) is 30.3 Å². The lowest BCUT2D eigenvalue weighted by molar-refractivity contribution is 0.0322. The highest BCUT2D eigenvalue weighted by Gasteiger charge is 2.19. The molecule has 2 aromatic carbocycles. The molecule has 0 spiro atoms. The molecule has 2 aromatic heterocycles. The molecule has 1 amide bonds. The average molecular weight is 498 g/mol. The Hall–Kier alpha value is -3.67. The number of ether oxygens (including phenoxy) is 2. The van der Waals surface area contributed by atoms with E-state index in [-0.39, 0.29) is 17.4 Å². The van der Waals surface area contributed by atoms with Crippen LogP contribution in [0.3, 0.4) is 0 Å². The Bertz CT molecular complexity index is 1450. The summed E-state index contributed by atoms with van der Waals surface area (Å²) in [5.74, 6) is 0.463. The highest BCUT2D eigenvalue weighted by atomic mass is 35.5. The molecule has 0 saturated carbocycles. The Morgan fingerprint density at radius 2 is 2.03 bits per heavy atom. The van der Waals surface area contributed by atoms with Crippen LogP contribution in [0.15, 0.2) is 41.2 Å². The third kappa shape index (κ3) is 4.53. The van der Waals surface area contributed by atoms with E-state index in [9.17, 15) is 9.59 Å². The van der Waals surface area contributed by atoms with Crippen molar-refractivity contribution >= 4 is 45.7 Å². The standard InChI is InChI=1S/C23H24ClN7O4/c1-25-22(32)14-4-2-6-16-19(14)27-20(21-28-29-23(33)31(16)21)26-15-5-3-7-17(18(15)24)35-13-10-30-8-11-34-12-9-30/h2-7H,8-13H2,1H3,(H,25,32)(H,26,27)(H,29,33). The summed E-state index contributed by atoms with van der Waals surface area (Å²) in [4.78, 5) is 31.9. The molecule has 182 valence electrons. The van der Waals surface area contributed by atoms with Gasteiger partial charge in [-0.05, 0) is 24.3 Å². The van der Waals surface area contributed by atoms with E-state index in [4.69, 9.17) is 21.1 Å². The Labute approximate surface area is 205 Å². The Balaban J connectivity index is 1.47. The maximum atomic E-state index is 12.5. The molecule has 0 bridgehead atoms. The minimum absolute atomic E-state index is 0.263. The van der Waals surface area contributed by atoms with Crippen molar-refractivity contribution in [3.8, 4) is 5.75 Å². The number of nitrogens with zero attached hydrogens (tertiary/aromatic N) is 4. The van der Waals surface area contributed by atoms with E-state index in [0.717, 1.165) is 32.8 Å². The summed E-state index contributed by atoms with van der Waals surface area (Å²) < 4.78 is 12.7. The second-order valence-electron chi connectivity index (χ2n) is 7.95. The molecule has 3 heterocycles. The van der Waals surface area contributed by atoms with E-state index in [1.807, 2.05) is 6.07 Å². The van der Waals surface area contributed by atoms with Gasteiger partial charge in [0.25, 0.3) is 5.91 Å². The van der Waals surface area contributed by atoms with Crippen molar-refractivity contribution in [3.05, 3.63) is 57.5 Å². The average Bonchev–Trinajstić information content (AvgIpc) is 3.28. The fraction of sp³-hybridized carbons (Fsp3) is 0.304. The Kier molecular flexibility index (Phi) is 6.53. The molecular weight excluding hydrogens is 474 g/mol. The van der Waals surface area contributed by atoms with Gasteiger partial charge in [-0.1, -0.05) is 23.7 Å². The molecule has 3 N–H and O–H groups in total. The van der Waals surface area contributed by atoms with E-state index >= 15 is 0 Å². The maximum absolute atomic E-state index is 12.5. The number of benzene rings is 2. The van der Waals surface area contributed by atoms with E-state index in [1.165, 1.54) is 11.4 Å². The monoisotopic (exact) mass is 497 g/mol. The van der Waals surface area contributed by atoms with Crippen molar-refractivity contribution in [2.75, 3.05) is 51.8 Å². The first-order valence-corrected chi connectivity index (χ1v) is 11.5. The Morgan fingerprint density at radius 3 is 2.83 bits per heavy atom. The van der Waals surface area contributed by atoms with Gasteiger partial charge in [0.2, 0.25) is 5.65 Å². The highest BCUT2D eigenvalue weighted by Crippen LogP contribution is 2.34. The van der Waals surface area contributed by atoms with Gasteiger partial charge >= 0.3 is 5.69 Å². The van der Waals surface area contributed by atoms with Gasteiger partial charge in [0.15, 0.2) is 5.82 Å². The molecule has 0 atom stereocenters. The molecule has 0 unspecified atom stereocenters. The molecule has 35 heavy (non-hydrogen) atoms. The van der Waals surface area contributed by atoms with Gasteiger partial charge in [0, 0.05) is 26.7 Å². The number of nitrogens with one attached hydrogen (secondary N) is 3. The predicted molar refractivity (Wildman–Crippen MR) is 132 cm³/mol. The summed E-state index contributed by atoms with van der Waals surface area (Å²) in [6.07, 6.45) is 0. The molecule has 4 aromatic rings. The number of para-hydroxylation sites is 1. The smallest absolute Gasteiger partial charge is 0.348 e. The van der Waals surface area contributed by atoms with E-state index in [2.05, 4.69) is 30.7 Å². The lowest BCUT2D eigenvalue weighted by Crippen LogP contribution is -2.38. The zero-order valence-corrected chi connectivity index (χ0v) is 19.8. The van der Waals surface area contributed by atoms with Crippen molar-refractivity contribution in [2.24, 2.45) is 0 Å². The first kappa shape index (κ1) is 23.1. The number of halogens is 1. The number of anilines is 2. The molecule has 5 rings (SSSR count). The van der Waals surface area contributed by atoms with Gasteiger partial charge in [0.1, 0.15) is 22.9 Å². The summed E-state index contributed by atoms with van der Waals surface area (Å²) in [6, 6.07) is 10.4. The second-order valence-corrected chi connectivity index (χ2v) is 8.32. The lowest BCUT2D eigenvalue weighted by atomic mass is 10.1. The van der Waals surface area contributed by atoms with Gasteiger partial charge in [0.05, 0.1) is 30.0 Å². The van der Waals surface area contributed by atoms with Crippen molar-refractivity contribution in [1.82, 2.24) is 29.8 Å². The third-order valence-corrected chi connectivity index (χ3v) is 6.21. The van der Waals surface area contributed by atoms with Gasteiger partial charge in [-0.15, -0.1) is 5.10 Å². The van der Waals surface area contributed by atoms with Crippen LogP contribution in [0.2, 0.25) is 5.02 Å². The maximum Gasteiger partial charge on any atom is 0.348 e. The minimum Gasteiger partial charge on any atom is -0.491 e. The SMILES string of the molecule is CNC(=O)c1cccc2c1nc(Nc1cccc(OCCN3CCOCC3)c1Cl)c1n[nH]c(=O)n12. The summed E-state index contributed by atoms with van der Waals surface area (Å²) in [5.41, 5.74) is 1.48. The second kappa shape index (κ2) is 9.90. The molecule has 0 aliphatic carbocycles. The third-order valence-electron chi connectivity index (χ3n) is 5.82. The molecule has 1 fully saturated rings. The summed E-state index contributed by atoms with van der Waals surface area (Å²) in [6.45, 7) is 4.46. The number of aromatic nitrogens is 4. The molecule has 0 radical (unpaired) electrons. The van der Waals surface area contributed by atoms with Crippen LogP contribution in [0.1, 0.15) is 10.4 Å². The molecule has 1 saturated heterocycles. The number of fused-ring (bicyclic) bond motifs is 3. The molecular formula is C23H24ClN7O4. The number of hydrogen-bond acceptors (Lipinski definition) is 8. The van der Waals surface area contributed by atoms with E-state index in [0.29, 0.717) is 39.7 Å². The fourth-order valence-corrected chi connectivity index (χ4v) is 4.26. The number of carbonyl (C=O) groups is 1. The predicted octanol–water partition coefficient (Wildman–Crippen LogP) is 2.04. The molecule has 11 nitrogen and oxygen atoms in total. The van der Waals surface area contributed by atoms with Gasteiger partial charge < -0.3 is 20.1 Å². The van der Waals surface area contributed by atoms with Crippen LogP contribution < -0.4 is 21.1 Å². The quantitative estimate of drug-likeness (QED) is 0.354. The van der Waals surface area contributed by atoms with Crippen molar-refractivity contribution in [3.63, 3.8) is 0 Å². The van der Waals surface area contributed by atoms with Crippen LogP contribution in [0.4, 0.5) is 11.5 Å². The van der Waals surface area contributed by atoms with E-state index < -0.39 is 5.69 Å². The van der Waals surface area contributed by atoms with Crippen LogP contribution in [-0.2, 0) is 4.74 Å². The van der Waals surface area contributed by atoms with Gasteiger partial charge in [-0.2, -0.15) is 0 Å². The minimum atomic E-state index is -0.448. The largest absolute Gasteiger partial charge is 0.491 e. The number of hydrogen-bond donors (Lipinski definition) is 3. The summed E-state index contributed by atoms with van der Waals surface area (Å²) >= 11 is 6.65. The number of carbonyl (C=O) groups excluding carboxylic acids is 1. The molecule has 12 heteroatoms. The zero-order valence-electron chi connectivity index (χ0n) is 19.0. The highest BCUT2D eigenvalue weighted by molar-refractivity contribution is 6.34. The molecule has 1 aliphatic heterocycles. The lowest BCUT2D eigenvalue weighted by Gasteiger charge is -2.26.